The molecule has 0 aromatic heterocycles. The molecular formula is C16H27N3O5. The van der Waals surface area contributed by atoms with Crippen molar-refractivity contribution in [1.29, 1.82) is 0 Å². The highest BCUT2D eigenvalue weighted by Crippen LogP contribution is 2.30. The molecule has 0 aromatic carbocycles. The van der Waals surface area contributed by atoms with Crippen molar-refractivity contribution in [3.05, 3.63) is 12.2 Å². The molecule has 2 rings (SSSR count). The lowest BCUT2D eigenvalue weighted by molar-refractivity contribution is -0.134. The third-order valence-electron chi connectivity index (χ3n) is 4.29. The number of piperazine rings is 1. The van der Waals surface area contributed by atoms with Crippen molar-refractivity contribution in [3.63, 3.8) is 0 Å². The molecule has 0 saturated carbocycles. The number of carboxylic acids is 2. The van der Waals surface area contributed by atoms with Crippen molar-refractivity contribution in [3.8, 4) is 0 Å². The Morgan fingerprint density at radius 1 is 1.00 bits per heavy atom. The molecule has 8 nitrogen and oxygen atoms in total. The van der Waals surface area contributed by atoms with Gasteiger partial charge in [0.1, 0.15) is 0 Å². The van der Waals surface area contributed by atoms with E-state index in [1.807, 2.05) is 4.90 Å². The number of urea groups is 1. The fourth-order valence-corrected chi connectivity index (χ4v) is 3.23. The van der Waals surface area contributed by atoms with Crippen molar-refractivity contribution in [2.24, 2.45) is 0 Å². The second-order valence-corrected chi connectivity index (χ2v) is 5.98. The van der Waals surface area contributed by atoms with Crippen LogP contribution < -0.4 is 0 Å². The minimum atomic E-state index is -1.26. The van der Waals surface area contributed by atoms with Crippen LogP contribution in [0.25, 0.3) is 0 Å². The third-order valence-corrected chi connectivity index (χ3v) is 4.29. The number of rotatable bonds is 4. The number of carboxylic acid groups (broad SMARTS) is 2. The SMILES string of the molecule is CCN(CC)C(=O)N1C2CCC1CN(C)C2.O=C(O)/C=C/C(=O)O. The minimum Gasteiger partial charge on any atom is -0.478 e. The van der Waals surface area contributed by atoms with Crippen LogP contribution in [-0.4, -0.2) is 88.2 Å². The van der Waals surface area contributed by atoms with Crippen molar-refractivity contribution in [2.75, 3.05) is 33.2 Å². The number of aliphatic carboxylic acids is 2. The third kappa shape index (κ3) is 5.52. The maximum Gasteiger partial charge on any atom is 0.328 e. The molecule has 2 atom stereocenters. The summed E-state index contributed by atoms with van der Waals surface area (Å²) in [7, 11) is 2.16. The first-order chi connectivity index (χ1) is 11.3. The van der Waals surface area contributed by atoms with Gasteiger partial charge in [0.25, 0.3) is 0 Å². The van der Waals surface area contributed by atoms with Gasteiger partial charge in [-0.05, 0) is 33.7 Å². The van der Waals surface area contributed by atoms with Crippen molar-refractivity contribution < 1.29 is 24.6 Å². The van der Waals surface area contributed by atoms with E-state index in [1.165, 1.54) is 12.8 Å². The van der Waals surface area contributed by atoms with E-state index >= 15 is 0 Å². The van der Waals surface area contributed by atoms with Crippen molar-refractivity contribution in [2.45, 2.75) is 38.8 Å². The first kappa shape index (κ1) is 20.0. The molecule has 8 heteroatoms. The predicted octanol–water partition coefficient (Wildman–Crippen LogP) is 0.938. The maximum absolute atomic E-state index is 12.4. The lowest BCUT2D eigenvalue weighted by atomic mass is 10.2. The number of amides is 2. The van der Waals surface area contributed by atoms with Crippen LogP contribution in [0.2, 0.25) is 0 Å². The van der Waals surface area contributed by atoms with Crippen LogP contribution in [0.5, 0.6) is 0 Å². The molecule has 2 aliphatic heterocycles. The van der Waals surface area contributed by atoms with Crippen LogP contribution in [0.3, 0.4) is 0 Å². The summed E-state index contributed by atoms with van der Waals surface area (Å²) < 4.78 is 0. The summed E-state index contributed by atoms with van der Waals surface area (Å²) in [5, 5.41) is 15.6. The fourth-order valence-electron chi connectivity index (χ4n) is 3.23. The van der Waals surface area contributed by atoms with Gasteiger partial charge in [-0.25, -0.2) is 14.4 Å². The number of nitrogens with zero attached hydrogens (tertiary/aromatic N) is 3. The molecule has 0 aliphatic carbocycles. The average Bonchev–Trinajstić information content (AvgIpc) is 2.79. The Morgan fingerprint density at radius 3 is 1.75 bits per heavy atom. The first-order valence-electron chi connectivity index (χ1n) is 8.19. The molecular weight excluding hydrogens is 314 g/mol. The molecule has 2 unspecified atom stereocenters. The van der Waals surface area contributed by atoms with Crippen molar-refractivity contribution in [1.82, 2.24) is 14.7 Å². The van der Waals surface area contributed by atoms with E-state index in [4.69, 9.17) is 10.2 Å². The Morgan fingerprint density at radius 2 is 1.42 bits per heavy atom. The smallest absolute Gasteiger partial charge is 0.328 e. The van der Waals surface area contributed by atoms with E-state index in [9.17, 15) is 14.4 Å². The Balaban J connectivity index is 0.000000307. The van der Waals surface area contributed by atoms with Crippen molar-refractivity contribution >= 4 is 18.0 Å². The Kier molecular flexibility index (Phi) is 7.70. The van der Waals surface area contributed by atoms with E-state index in [-0.39, 0.29) is 6.03 Å². The highest BCUT2D eigenvalue weighted by atomic mass is 16.4. The number of hydrogen-bond acceptors (Lipinski definition) is 4. The summed E-state index contributed by atoms with van der Waals surface area (Å²) in [6.45, 7) is 7.84. The second kappa shape index (κ2) is 9.27. The topological polar surface area (TPSA) is 101 Å². The Bertz CT molecular complexity index is 460. The molecule has 0 aromatic rings. The zero-order valence-electron chi connectivity index (χ0n) is 14.5. The van der Waals surface area contributed by atoms with Gasteiger partial charge in [0.2, 0.25) is 0 Å². The van der Waals surface area contributed by atoms with E-state index in [2.05, 4.69) is 30.7 Å². The summed E-state index contributed by atoms with van der Waals surface area (Å²) in [5.41, 5.74) is 0. The van der Waals surface area contributed by atoms with Gasteiger partial charge in [0.05, 0.1) is 0 Å². The minimum absolute atomic E-state index is 0.255. The number of likely N-dealkylation sites (N-methyl/N-ethyl adjacent to an activating group) is 1. The largest absolute Gasteiger partial charge is 0.478 e. The van der Waals surface area contributed by atoms with Gasteiger partial charge in [0, 0.05) is 50.4 Å². The predicted molar refractivity (Wildman–Crippen MR) is 88.9 cm³/mol. The molecule has 2 saturated heterocycles. The Labute approximate surface area is 142 Å². The second-order valence-electron chi connectivity index (χ2n) is 5.98. The standard InChI is InChI=1S/C12H23N3O.C4H4O4/c1-4-14(5-2)12(16)15-10-6-7-11(15)9-13(3)8-10;5-3(6)1-2-4(7)8/h10-11H,4-9H2,1-3H3;1-2H,(H,5,6)(H,7,8)/b;2-1+. The quantitative estimate of drug-likeness (QED) is 0.738. The van der Waals surface area contributed by atoms with Crippen LogP contribution >= 0.6 is 0 Å². The zero-order valence-corrected chi connectivity index (χ0v) is 14.5. The highest BCUT2D eigenvalue weighted by Gasteiger charge is 2.42. The van der Waals surface area contributed by atoms with Crippen LogP contribution in [0.4, 0.5) is 4.79 Å². The molecule has 2 amide bonds. The summed E-state index contributed by atoms with van der Waals surface area (Å²) in [4.78, 5) is 37.9. The monoisotopic (exact) mass is 341 g/mol. The average molecular weight is 341 g/mol. The molecule has 0 radical (unpaired) electrons. The van der Waals surface area contributed by atoms with E-state index in [0.717, 1.165) is 26.2 Å². The Hall–Kier alpha value is -2.09. The molecule has 2 fully saturated rings. The normalized spacial score (nSPS) is 22.9. The van der Waals surface area contributed by atoms with Gasteiger partial charge in [-0.2, -0.15) is 0 Å². The number of carbonyl (C=O) groups is 3. The maximum atomic E-state index is 12.4. The van der Waals surface area contributed by atoms with E-state index in [0.29, 0.717) is 24.2 Å². The van der Waals surface area contributed by atoms with Crippen LogP contribution in [0.1, 0.15) is 26.7 Å². The van der Waals surface area contributed by atoms with Gasteiger partial charge in [-0.15, -0.1) is 0 Å². The van der Waals surface area contributed by atoms with Crippen LogP contribution in [-0.2, 0) is 9.59 Å². The van der Waals surface area contributed by atoms with Gasteiger partial charge in [-0.3, -0.25) is 0 Å². The molecule has 2 N–H and O–H groups in total. The van der Waals surface area contributed by atoms with E-state index < -0.39 is 11.9 Å². The first-order valence-corrected chi connectivity index (χ1v) is 8.19. The molecule has 2 bridgehead atoms. The number of carbonyl (C=O) groups excluding carboxylic acids is 1. The summed E-state index contributed by atoms with van der Waals surface area (Å²) >= 11 is 0. The number of likely N-dealkylation sites (tertiary alicyclic amines) is 1. The molecule has 2 heterocycles. The van der Waals surface area contributed by atoms with Gasteiger partial charge < -0.3 is 24.9 Å². The fraction of sp³-hybridized carbons (Fsp3) is 0.688. The molecule has 136 valence electrons. The lowest BCUT2D eigenvalue weighted by Gasteiger charge is -2.41. The molecule has 0 spiro atoms. The van der Waals surface area contributed by atoms with Gasteiger partial charge in [0.15, 0.2) is 0 Å². The number of fused-ring (bicyclic) bond motifs is 2. The zero-order chi connectivity index (χ0) is 18.3. The van der Waals surface area contributed by atoms with Crippen LogP contribution in [0, 0.1) is 0 Å². The van der Waals surface area contributed by atoms with Gasteiger partial charge >= 0.3 is 18.0 Å². The summed E-state index contributed by atoms with van der Waals surface area (Å²) in [5.74, 6) is -2.51. The number of hydrogen-bond donors (Lipinski definition) is 2. The van der Waals surface area contributed by atoms with E-state index in [1.54, 1.807) is 0 Å². The highest BCUT2D eigenvalue weighted by molar-refractivity contribution is 5.89. The van der Waals surface area contributed by atoms with Gasteiger partial charge in [-0.1, -0.05) is 0 Å². The molecule has 2 aliphatic rings. The summed E-state index contributed by atoms with van der Waals surface area (Å²) in [6, 6.07) is 1.17. The van der Waals surface area contributed by atoms with Crippen LogP contribution in [0.15, 0.2) is 12.2 Å². The molecule has 24 heavy (non-hydrogen) atoms. The lowest BCUT2D eigenvalue weighted by Crippen LogP contribution is -2.57. The summed E-state index contributed by atoms with van der Waals surface area (Å²) in [6.07, 6.45) is 3.48.